The van der Waals surface area contributed by atoms with Crippen LogP contribution >= 0.6 is 0 Å². The lowest BCUT2D eigenvalue weighted by Crippen LogP contribution is -2.61. The summed E-state index contributed by atoms with van der Waals surface area (Å²) >= 11 is 0. The zero-order valence-corrected chi connectivity index (χ0v) is 18.1. The molecule has 0 amide bonds. The number of nitrogens with zero attached hydrogens (tertiary/aromatic N) is 1. The van der Waals surface area contributed by atoms with Gasteiger partial charge in [0.25, 0.3) is 5.56 Å². The number of nitrogens with one attached hydrogen (secondary N) is 1. The molecule has 0 saturated carbocycles. The number of ether oxygens (including phenoxy) is 5. The average molecular weight is 456 g/mol. The second-order valence-corrected chi connectivity index (χ2v) is 7.07. The van der Waals surface area contributed by atoms with Gasteiger partial charge in [-0.1, -0.05) is 0 Å². The van der Waals surface area contributed by atoms with Crippen molar-refractivity contribution in [1.82, 2.24) is 9.55 Å². The predicted octanol–water partition coefficient (Wildman–Crippen LogP) is -0.899. The normalized spacial score (nSPS) is 24.8. The van der Waals surface area contributed by atoms with Crippen molar-refractivity contribution >= 4 is 23.9 Å². The molecule has 1 N–H and O–H groups in total. The lowest BCUT2D eigenvalue weighted by atomic mass is 9.97. The molecule has 1 aliphatic heterocycles. The predicted molar refractivity (Wildman–Crippen MR) is 103 cm³/mol. The van der Waals surface area contributed by atoms with Gasteiger partial charge in [-0.3, -0.25) is 33.5 Å². The number of H-pyrrole nitrogens is 1. The average Bonchev–Trinajstić information content (AvgIpc) is 2.65. The molecule has 2 rings (SSSR count). The van der Waals surface area contributed by atoms with Gasteiger partial charge >= 0.3 is 29.6 Å². The molecule has 0 unspecified atom stereocenters. The summed E-state index contributed by atoms with van der Waals surface area (Å²) < 4.78 is 27.6. The molecule has 0 radical (unpaired) electrons. The molecular weight excluding hydrogens is 432 g/mol. The maximum absolute atomic E-state index is 12.5. The third-order valence-corrected chi connectivity index (χ3v) is 4.39. The van der Waals surface area contributed by atoms with Gasteiger partial charge in [-0.05, 0) is 6.92 Å². The molecule has 13 nitrogen and oxygen atoms in total. The molecule has 32 heavy (non-hydrogen) atoms. The number of carbonyl (C=O) groups excluding carboxylic acids is 4. The number of esters is 4. The second-order valence-electron chi connectivity index (χ2n) is 7.07. The van der Waals surface area contributed by atoms with E-state index >= 15 is 0 Å². The minimum atomic E-state index is -1.46. The number of aryl methyl sites for hydroxylation is 1. The number of rotatable bonds is 6. The molecule has 176 valence electrons. The Balaban J connectivity index is 2.65. The van der Waals surface area contributed by atoms with Gasteiger partial charge in [0.05, 0.1) is 0 Å². The summed E-state index contributed by atoms with van der Waals surface area (Å²) in [6.45, 7) is 5.39. The van der Waals surface area contributed by atoms with Crippen LogP contribution < -0.4 is 11.2 Å². The Kier molecular flexibility index (Phi) is 7.92. The van der Waals surface area contributed by atoms with Crippen molar-refractivity contribution in [3.8, 4) is 0 Å². The molecule has 0 aromatic carbocycles. The Hall–Kier alpha value is -3.48. The molecular formula is C19H24N2O11. The van der Waals surface area contributed by atoms with Crippen molar-refractivity contribution in [2.24, 2.45) is 0 Å². The van der Waals surface area contributed by atoms with Crippen LogP contribution in [0.3, 0.4) is 0 Å². The summed E-state index contributed by atoms with van der Waals surface area (Å²) in [6.07, 6.45) is -5.73. The number of aromatic nitrogens is 2. The van der Waals surface area contributed by atoms with E-state index < -0.39 is 72.4 Å². The number of aromatic amines is 1. The number of hydrogen-bond donors (Lipinski definition) is 1. The molecule has 0 spiro atoms. The van der Waals surface area contributed by atoms with Crippen LogP contribution in [0.25, 0.3) is 0 Å². The Morgan fingerprint density at radius 3 is 1.97 bits per heavy atom. The molecule has 13 heteroatoms. The van der Waals surface area contributed by atoms with E-state index in [9.17, 15) is 28.8 Å². The summed E-state index contributed by atoms with van der Waals surface area (Å²) in [7, 11) is 0. The van der Waals surface area contributed by atoms with Gasteiger partial charge in [0.1, 0.15) is 12.7 Å². The van der Waals surface area contributed by atoms with E-state index in [1.807, 2.05) is 0 Å². The second kappa shape index (κ2) is 10.2. The molecule has 5 atom stereocenters. The summed E-state index contributed by atoms with van der Waals surface area (Å²) in [5.74, 6) is -3.06. The molecule has 1 saturated heterocycles. The number of carbonyl (C=O) groups is 4. The first-order valence-corrected chi connectivity index (χ1v) is 9.53. The van der Waals surface area contributed by atoms with Crippen LogP contribution in [0.15, 0.2) is 15.8 Å². The first-order chi connectivity index (χ1) is 14.9. The monoisotopic (exact) mass is 456 g/mol. The maximum Gasteiger partial charge on any atom is 0.330 e. The van der Waals surface area contributed by atoms with Gasteiger partial charge in [-0.2, -0.15) is 0 Å². The van der Waals surface area contributed by atoms with E-state index in [1.54, 1.807) is 0 Å². The van der Waals surface area contributed by atoms with Crippen LogP contribution in [0.2, 0.25) is 0 Å². The molecule has 2 heterocycles. The smallest absolute Gasteiger partial charge is 0.330 e. The summed E-state index contributed by atoms with van der Waals surface area (Å²) in [5.41, 5.74) is -1.41. The minimum absolute atomic E-state index is 0.137. The third kappa shape index (κ3) is 6.03. The summed E-state index contributed by atoms with van der Waals surface area (Å²) in [5, 5.41) is 0. The van der Waals surface area contributed by atoms with E-state index in [1.165, 1.54) is 13.1 Å². The van der Waals surface area contributed by atoms with Crippen molar-refractivity contribution in [2.45, 2.75) is 65.3 Å². The van der Waals surface area contributed by atoms with Crippen LogP contribution in [-0.4, -0.2) is 64.5 Å². The molecule has 0 bridgehead atoms. The first-order valence-electron chi connectivity index (χ1n) is 9.53. The SMILES string of the molecule is CC(=O)OC[C@H]1O[C@@H](n2cc(C)c(=O)[nH]c2=O)[C@H](OC(C)=O)[C@@H](OC(C)=O)[C@@H]1OC(C)=O. The Morgan fingerprint density at radius 1 is 0.906 bits per heavy atom. The van der Waals surface area contributed by atoms with Crippen LogP contribution in [0, 0.1) is 6.92 Å². The van der Waals surface area contributed by atoms with E-state index in [-0.39, 0.29) is 5.56 Å². The lowest BCUT2D eigenvalue weighted by Gasteiger charge is -2.44. The molecule has 1 fully saturated rings. The highest BCUT2D eigenvalue weighted by Gasteiger charge is 2.53. The Morgan fingerprint density at radius 2 is 1.44 bits per heavy atom. The third-order valence-electron chi connectivity index (χ3n) is 4.39. The minimum Gasteiger partial charge on any atom is -0.463 e. The largest absolute Gasteiger partial charge is 0.463 e. The van der Waals surface area contributed by atoms with Gasteiger partial charge in [-0.25, -0.2) is 4.79 Å². The van der Waals surface area contributed by atoms with Crippen molar-refractivity contribution in [1.29, 1.82) is 0 Å². The van der Waals surface area contributed by atoms with Crippen molar-refractivity contribution in [3.05, 3.63) is 32.6 Å². The van der Waals surface area contributed by atoms with E-state index in [0.717, 1.165) is 32.3 Å². The number of hydrogen-bond acceptors (Lipinski definition) is 11. The quantitative estimate of drug-likeness (QED) is 0.416. The van der Waals surface area contributed by atoms with Crippen LogP contribution in [0.5, 0.6) is 0 Å². The highest BCUT2D eigenvalue weighted by Crippen LogP contribution is 2.34. The standard InChI is InChI=1S/C19H24N2O11/c1-8-6-21(19(27)20-17(8)26)18-16(31-12(5)25)15(30-11(4)24)14(29-10(3)23)13(32-18)7-28-9(2)22/h6,13-16,18H,7H2,1-5H3,(H,20,26,27)/t13-,14-,15+,16-,18-/m1/s1. The van der Waals surface area contributed by atoms with Crippen LogP contribution in [0.1, 0.15) is 39.5 Å². The molecule has 0 aliphatic carbocycles. The van der Waals surface area contributed by atoms with Crippen molar-refractivity contribution in [2.75, 3.05) is 6.61 Å². The van der Waals surface area contributed by atoms with Crippen LogP contribution in [0.4, 0.5) is 0 Å². The fourth-order valence-corrected chi connectivity index (χ4v) is 3.20. The summed E-state index contributed by atoms with van der Waals surface area (Å²) in [6, 6.07) is 0. The van der Waals surface area contributed by atoms with Gasteiger partial charge in [0.2, 0.25) is 0 Å². The molecule has 1 aromatic heterocycles. The first kappa shape index (κ1) is 24.8. The highest BCUT2D eigenvalue weighted by molar-refractivity contribution is 5.68. The fraction of sp³-hybridized carbons (Fsp3) is 0.579. The molecule has 1 aliphatic rings. The van der Waals surface area contributed by atoms with E-state index in [4.69, 9.17) is 23.7 Å². The highest BCUT2D eigenvalue weighted by atomic mass is 16.7. The zero-order chi connectivity index (χ0) is 24.2. The van der Waals surface area contributed by atoms with Crippen LogP contribution in [-0.2, 0) is 42.9 Å². The van der Waals surface area contributed by atoms with E-state index in [0.29, 0.717) is 0 Å². The van der Waals surface area contributed by atoms with Crippen molar-refractivity contribution in [3.63, 3.8) is 0 Å². The maximum atomic E-state index is 12.5. The zero-order valence-electron chi connectivity index (χ0n) is 18.1. The van der Waals surface area contributed by atoms with Gasteiger partial charge in [-0.15, -0.1) is 0 Å². The Bertz CT molecular complexity index is 1010. The Labute approximate surface area is 181 Å². The fourth-order valence-electron chi connectivity index (χ4n) is 3.20. The topological polar surface area (TPSA) is 169 Å². The molecule has 1 aromatic rings. The summed E-state index contributed by atoms with van der Waals surface area (Å²) in [4.78, 5) is 73.0. The van der Waals surface area contributed by atoms with Gasteiger partial charge in [0.15, 0.2) is 24.5 Å². The van der Waals surface area contributed by atoms with Gasteiger partial charge in [0, 0.05) is 39.5 Å². The lowest BCUT2D eigenvalue weighted by molar-refractivity contribution is -0.269. The van der Waals surface area contributed by atoms with Crippen molar-refractivity contribution < 1.29 is 42.9 Å². The van der Waals surface area contributed by atoms with E-state index in [2.05, 4.69) is 4.98 Å². The van der Waals surface area contributed by atoms with Gasteiger partial charge < -0.3 is 23.7 Å².